The Hall–Kier alpha value is -9.55. The van der Waals surface area contributed by atoms with Gasteiger partial charge in [0.15, 0.2) is 0 Å². The van der Waals surface area contributed by atoms with E-state index >= 15 is 0 Å². The van der Waals surface area contributed by atoms with E-state index in [1.807, 2.05) is 96.3 Å². The molecular formula is C78H56BBrClN3O2S2. The highest BCUT2D eigenvalue weighted by molar-refractivity contribution is 9.10. The standard InChI is InChI=1S/C48H34N2S.C18H16BNO2.C12H6BrClS/c1-5-14-38(15-6-1)49(39-16-7-2-8-17-39)42-29-24-35(25-30-42)37-28-33-47-46(34-37)45-23-13-22-44(48(45)51-47)36-26-31-43(32-27-36)50(40-18-9-3-10-19-40)41-20-11-4-12-21-41;21-19(22)15-11-13-18(14-12-15)20(16-7-3-1-4-8-16)17-9-5-2-6-10-17;13-7-4-5-11-9(6-7)8-2-1-3-10(14)12(8)15-11/h1-34H;1-14,21-22H;1-6H. The molecular weight excluding hydrogens is 1200 g/mol. The number of thiophene rings is 2. The maximum Gasteiger partial charge on any atom is 0.488 e. The number of benzene rings is 13. The number of halogens is 2. The van der Waals surface area contributed by atoms with Crippen molar-refractivity contribution < 1.29 is 10.0 Å². The van der Waals surface area contributed by atoms with Gasteiger partial charge < -0.3 is 24.7 Å². The highest BCUT2D eigenvalue weighted by atomic mass is 79.9. The van der Waals surface area contributed by atoms with E-state index in [1.165, 1.54) is 62.6 Å². The molecule has 0 saturated heterocycles. The monoisotopic (exact) mass is 1260 g/mol. The minimum absolute atomic E-state index is 0.477. The first-order valence-corrected chi connectivity index (χ1v) is 31.7. The number of nitrogens with zero attached hydrogens (tertiary/aromatic N) is 3. The van der Waals surface area contributed by atoms with Crippen molar-refractivity contribution >= 4 is 154 Å². The predicted molar refractivity (Wildman–Crippen MR) is 383 cm³/mol. The van der Waals surface area contributed by atoms with Crippen molar-refractivity contribution in [1.82, 2.24) is 0 Å². The van der Waals surface area contributed by atoms with Crippen LogP contribution in [-0.2, 0) is 0 Å². The van der Waals surface area contributed by atoms with Gasteiger partial charge in [0.2, 0.25) is 0 Å². The lowest BCUT2D eigenvalue weighted by Gasteiger charge is -2.25. The van der Waals surface area contributed by atoms with E-state index in [2.05, 4.69) is 261 Å². The second kappa shape index (κ2) is 26.6. The third-order valence-corrected chi connectivity index (χ3v) is 18.7. The quantitative estimate of drug-likeness (QED) is 0.119. The summed E-state index contributed by atoms with van der Waals surface area (Å²) in [6.07, 6.45) is 0. The van der Waals surface area contributed by atoms with Gasteiger partial charge in [-0.25, -0.2) is 0 Å². The van der Waals surface area contributed by atoms with Gasteiger partial charge in [-0.2, -0.15) is 0 Å². The smallest absolute Gasteiger partial charge is 0.423 e. The van der Waals surface area contributed by atoms with Crippen molar-refractivity contribution in [2.75, 3.05) is 14.7 Å². The normalized spacial score (nSPS) is 11.0. The maximum absolute atomic E-state index is 9.23. The van der Waals surface area contributed by atoms with E-state index in [1.54, 1.807) is 23.5 Å². The zero-order valence-corrected chi connectivity index (χ0v) is 51.5. The van der Waals surface area contributed by atoms with Crippen LogP contribution in [0.15, 0.2) is 332 Å². The van der Waals surface area contributed by atoms with E-state index < -0.39 is 7.12 Å². The molecule has 10 heteroatoms. The van der Waals surface area contributed by atoms with Crippen LogP contribution in [0.1, 0.15) is 0 Å². The Balaban J connectivity index is 0.000000157. The molecule has 15 aromatic rings. The minimum Gasteiger partial charge on any atom is -0.423 e. The zero-order valence-electron chi connectivity index (χ0n) is 47.6. The lowest BCUT2D eigenvalue weighted by Crippen LogP contribution is -2.29. The molecule has 2 N–H and O–H groups in total. The van der Waals surface area contributed by atoms with Crippen LogP contribution < -0.4 is 20.2 Å². The molecule has 2 heterocycles. The number of fused-ring (bicyclic) bond motifs is 6. The second-order valence-corrected chi connectivity index (χ2v) is 24.4. The summed E-state index contributed by atoms with van der Waals surface area (Å²) in [5.41, 5.74) is 15.2. The van der Waals surface area contributed by atoms with Gasteiger partial charge in [-0.05, 0) is 173 Å². The van der Waals surface area contributed by atoms with Crippen LogP contribution in [0.5, 0.6) is 0 Å². The molecule has 2 aromatic heterocycles. The number of rotatable bonds is 12. The summed E-state index contributed by atoms with van der Waals surface area (Å²) in [4.78, 5) is 6.72. The lowest BCUT2D eigenvalue weighted by atomic mass is 9.80. The Morgan fingerprint density at radius 2 is 0.636 bits per heavy atom. The molecule has 424 valence electrons. The van der Waals surface area contributed by atoms with E-state index in [9.17, 15) is 10.0 Å². The average molecular weight is 1260 g/mol. The van der Waals surface area contributed by atoms with Crippen LogP contribution in [0.3, 0.4) is 0 Å². The Morgan fingerprint density at radius 1 is 0.295 bits per heavy atom. The Morgan fingerprint density at radius 3 is 1.07 bits per heavy atom. The van der Waals surface area contributed by atoms with Crippen molar-refractivity contribution in [1.29, 1.82) is 0 Å². The Labute approximate surface area is 534 Å². The molecule has 0 spiro atoms. The molecule has 0 saturated carbocycles. The molecule has 0 unspecified atom stereocenters. The fourth-order valence-corrected chi connectivity index (χ4v) is 14.1. The lowest BCUT2D eigenvalue weighted by molar-refractivity contribution is 0.426. The summed E-state index contributed by atoms with van der Waals surface area (Å²) in [5.74, 6) is 0. The van der Waals surface area contributed by atoms with Crippen LogP contribution >= 0.6 is 50.2 Å². The largest absolute Gasteiger partial charge is 0.488 e. The summed E-state index contributed by atoms with van der Waals surface area (Å²) >= 11 is 13.3. The fourth-order valence-electron chi connectivity index (χ4n) is 11.1. The van der Waals surface area contributed by atoms with Crippen LogP contribution in [0.25, 0.3) is 62.6 Å². The van der Waals surface area contributed by atoms with E-state index in [0.717, 1.165) is 60.7 Å². The summed E-state index contributed by atoms with van der Waals surface area (Å²) in [6, 6.07) is 113. The van der Waals surface area contributed by atoms with E-state index in [0.29, 0.717) is 5.46 Å². The van der Waals surface area contributed by atoms with E-state index in [4.69, 9.17) is 11.6 Å². The molecule has 0 aliphatic rings. The molecule has 0 radical (unpaired) electrons. The molecule has 88 heavy (non-hydrogen) atoms. The van der Waals surface area contributed by atoms with Crippen LogP contribution in [-0.4, -0.2) is 17.2 Å². The van der Waals surface area contributed by atoms with Gasteiger partial charge in [0.1, 0.15) is 0 Å². The Bertz CT molecular complexity index is 4660. The SMILES string of the molecule is Clc1cccc2c1sc1ccc(Br)cc12.OB(O)c1ccc(N(c2ccccc2)c2ccccc2)cc1.c1ccc(N(c2ccccc2)c2ccc(-c3ccc4sc5c(-c6ccc(N(c7ccccc7)c7ccccc7)cc6)cccc5c4c3)cc2)cc1. The van der Waals surface area contributed by atoms with Gasteiger partial charge >= 0.3 is 7.12 Å². The van der Waals surface area contributed by atoms with Gasteiger partial charge in [-0.3, -0.25) is 0 Å². The minimum atomic E-state index is -1.45. The van der Waals surface area contributed by atoms with Gasteiger partial charge in [-0.15, -0.1) is 22.7 Å². The maximum atomic E-state index is 9.23. The number of hydrogen-bond acceptors (Lipinski definition) is 7. The number of para-hydroxylation sites is 6. The summed E-state index contributed by atoms with van der Waals surface area (Å²) in [6.45, 7) is 0. The van der Waals surface area contributed by atoms with Crippen molar-refractivity contribution in [2.24, 2.45) is 0 Å². The van der Waals surface area contributed by atoms with Crippen molar-refractivity contribution in [3.05, 3.63) is 337 Å². The van der Waals surface area contributed by atoms with Crippen molar-refractivity contribution in [3.8, 4) is 22.3 Å². The highest BCUT2D eigenvalue weighted by Gasteiger charge is 2.18. The first kappa shape index (κ1) is 57.5. The van der Waals surface area contributed by atoms with Gasteiger partial charge in [-0.1, -0.05) is 210 Å². The molecule has 5 nitrogen and oxygen atoms in total. The first-order chi connectivity index (χ1) is 43.3. The van der Waals surface area contributed by atoms with E-state index in [-0.39, 0.29) is 0 Å². The van der Waals surface area contributed by atoms with Crippen LogP contribution in [0.2, 0.25) is 5.02 Å². The van der Waals surface area contributed by atoms with Crippen molar-refractivity contribution in [2.45, 2.75) is 0 Å². The van der Waals surface area contributed by atoms with Gasteiger partial charge in [0.25, 0.3) is 0 Å². The Kier molecular flexibility index (Phi) is 17.4. The summed E-state index contributed by atoms with van der Waals surface area (Å²) in [5, 5.41) is 24.4. The molecule has 15 rings (SSSR count). The van der Waals surface area contributed by atoms with Gasteiger partial charge in [0, 0.05) is 91.3 Å². The number of anilines is 9. The van der Waals surface area contributed by atoms with Gasteiger partial charge in [0.05, 0.1) is 9.72 Å². The molecule has 0 amide bonds. The molecule has 0 atom stereocenters. The molecule has 0 aliphatic heterocycles. The second-order valence-electron chi connectivity index (χ2n) is 20.9. The topological polar surface area (TPSA) is 50.2 Å². The first-order valence-electron chi connectivity index (χ1n) is 28.9. The van der Waals surface area contributed by atoms with Crippen molar-refractivity contribution in [3.63, 3.8) is 0 Å². The van der Waals surface area contributed by atoms with Crippen LogP contribution in [0, 0.1) is 0 Å². The average Bonchev–Trinajstić information content (AvgIpc) is 1.91. The molecule has 13 aromatic carbocycles. The van der Waals surface area contributed by atoms with Crippen LogP contribution in [0.4, 0.5) is 51.2 Å². The summed E-state index contributed by atoms with van der Waals surface area (Å²) in [7, 11) is -1.45. The third-order valence-electron chi connectivity index (χ3n) is 15.3. The number of hydrogen-bond donors (Lipinski definition) is 2. The zero-order chi connectivity index (χ0) is 59.8. The molecule has 0 fully saturated rings. The fraction of sp³-hybridized carbons (Fsp3) is 0. The molecule has 0 aliphatic carbocycles. The third kappa shape index (κ3) is 12.5. The molecule has 0 bridgehead atoms. The summed E-state index contributed by atoms with van der Waals surface area (Å²) < 4.78 is 6.17. The predicted octanol–water partition coefficient (Wildman–Crippen LogP) is 22.6. The highest BCUT2D eigenvalue weighted by Crippen LogP contribution is 2.44.